The molecule has 0 aliphatic rings. The number of aryl methyl sites for hydroxylation is 1. The number of anilines is 1. The number of ether oxygens (including phenoxy) is 1. The summed E-state index contributed by atoms with van der Waals surface area (Å²) in [6, 6.07) is 5.72. The number of aromatic nitrogens is 2. The Hall–Kier alpha value is -2.90. The molecular weight excluding hydrogens is 276 g/mol. The molecule has 0 amide bonds. The first-order valence-corrected chi connectivity index (χ1v) is 6.22. The maximum absolute atomic E-state index is 11.6. The SMILES string of the molecule is CCOC(=O)c1cc(N)n(-c2cc([N+](=O)[O-])ccc2C)n1. The lowest BCUT2D eigenvalue weighted by Gasteiger charge is -2.07. The molecule has 0 aliphatic heterocycles. The summed E-state index contributed by atoms with van der Waals surface area (Å²) in [5.41, 5.74) is 6.98. The fourth-order valence-corrected chi connectivity index (χ4v) is 1.83. The zero-order valence-electron chi connectivity index (χ0n) is 11.6. The average molecular weight is 290 g/mol. The van der Waals surface area contributed by atoms with E-state index in [9.17, 15) is 14.9 Å². The normalized spacial score (nSPS) is 10.4. The summed E-state index contributed by atoms with van der Waals surface area (Å²) in [5.74, 6) is -0.396. The first kappa shape index (κ1) is 14.5. The first-order chi connectivity index (χ1) is 9.93. The number of nitro groups is 1. The Balaban J connectivity index is 2.49. The maximum atomic E-state index is 11.6. The van der Waals surface area contributed by atoms with Crippen LogP contribution in [0.2, 0.25) is 0 Å². The number of nitrogens with zero attached hydrogens (tertiary/aromatic N) is 3. The lowest BCUT2D eigenvalue weighted by molar-refractivity contribution is -0.384. The van der Waals surface area contributed by atoms with Gasteiger partial charge in [0.1, 0.15) is 5.82 Å². The van der Waals surface area contributed by atoms with Crippen molar-refractivity contribution < 1.29 is 14.5 Å². The Morgan fingerprint density at radius 3 is 2.81 bits per heavy atom. The molecule has 2 N–H and O–H groups in total. The Kier molecular flexibility index (Phi) is 3.88. The van der Waals surface area contributed by atoms with Crippen LogP contribution in [-0.2, 0) is 4.74 Å². The van der Waals surface area contributed by atoms with Crippen molar-refractivity contribution in [3.8, 4) is 5.69 Å². The highest BCUT2D eigenvalue weighted by Gasteiger charge is 2.17. The highest BCUT2D eigenvalue weighted by atomic mass is 16.6. The highest BCUT2D eigenvalue weighted by Crippen LogP contribution is 2.23. The molecule has 0 spiro atoms. The van der Waals surface area contributed by atoms with Crippen molar-refractivity contribution in [1.82, 2.24) is 9.78 Å². The maximum Gasteiger partial charge on any atom is 0.358 e. The van der Waals surface area contributed by atoms with Crippen molar-refractivity contribution in [3.05, 3.63) is 45.6 Å². The molecule has 2 aromatic rings. The summed E-state index contributed by atoms with van der Waals surface area (Å²) < 4.78 is 6.13. The van der Waals surface area contributed by atoms with E-state index in [1.807, 2.05) is 0 Å². The summed E-state index contributed by atoms with van der Waals surface area (Å²) in [7, 11) is 0. The van der Waals surface area contributed by atoms with Crippen LogP contribution in [0.4, 0.5) is 11.5 Å². The monoisotopic (exact) mass is 290 g/mol. The minimum Gasteiger partial charge on any atom is -0.461 e. The minimum absolute atomic E-state index is 0.0558. The van der Waals surface area contributed by atoms with E-state index in [1.165, 1.54) is 22.9 Å². The Bertz CT molecular complexity index is 708. The zero-order chi connectivity index (χ0) is 15.6. The number of hydrogen-bond donors (Lipinski definition) is 1. The van der Waals surface area contributed by atoms with Gasteiger partial charge in [-0.05, 0) is 19.4 Å². The Morgan fingerprint density at radius 2 is 2.19 bits per heavy atom. The molecule has 0 aliphatic carbocycles. The van der Waals surface area contributed by atoms with Crippen LogP contribution in [0.1, 0.15) is 23.0 Å². The predicted octanol–water partition coefficient (Wildman–Crippen LogP) is 1.85. The van der Waals surface area contributed by atoms with E-state index in [1.54, 1.807) is 19.9 Å². The van der Waals surface area contributed by atoms with E-state index in [0.29, 0.717) is 5.69 Å². The quantitative estimate of drug-likeness (QED) is 0.522. The highest BCUT2D eigenvalue weighted by molar-refractivity contribution is 5.88. The molecule has 1 heterocycles. The lowest BCUT2D eigenvalue weighted by atomic mass is 10.2. The molecule has 0 unspecified atom stereocenters. The number of nitrogen functional groups attached to an aromatic ring is 1. The average Bonchev–Trinajstić information content (AvgIpc) is 2.81. The van der Waals surface area contributed by atoms with Crippen molar-refractivity contribution in [2.75, 3.05) is 12.3 Å². The third-order valence-electron chi connectivity index (χ3n) is 2.85. The first-order valence-electron chi connectivity index (χ1n) is 6.22. The van der Waals surface area contributed by atoms with Crippen LogP contribution in [-0.4, -0.2) is 27.3 Å². The van der Waals surface area contributed by atoms with Crippen LogP contribution in [0.25, 0.3) is 5.69 Å². The van der Waals surface area contributed by atoms with E-state index in [0.717, 1.165) is 5.56 Å². The number of carbonyl (C=O) groups is 1. The fraction of sp³-hybridized carbons (Fsp3) is 0.231. The largest absolute Gasteiger partial charge is 0.461 e. The predicted molar refractivity (Wildman–Crippen MR) is 75.3 cm³/mol. The molecule has 1 aromatic carbocycles. The van der Waals surface area contributed by atoms with Crippen LogP contribution < -0.4 is 5.73 Å². The van der Waals surface area contributed by atoms with Crippen molar-refractivity contribution in [1.29, 1.82) is 0 Å². The molecule has 0 atom stereocenters. The topological polar surface area (TPSA) is 113 Å². The third kappa shape index (κ3) is 2.83. The van der Waals surface area contributed by atoms with Gasteiger partial charge < -0.3 is 10.5 Å². The minimum atomic E-state index is -0.592. The van der Waals surface area contributed by atoms with Crippen molar-refractivity contribution in [2.24, 2.45) is 0 Å². The fourth-order valence-electron chi connectivity index (χ4n) is 1.83. The van der Waals surface area contributed by atoms with E-state index >= 15 is 0 Å². The van der Waals surface area contributed by atoms with Crippen LogP contribution >= 0.6 is 0 Å². The number of nitro benzene ring substituents is 1. The zero-order valence-corrected chi connectivity index (χ0v) is 11.6. The van der Waals surface area contributed by atoms with E-state index < -0.39 is 10.9 Å². The molecule has 8 heteroatoms. The number of nitrogens with two attached hydrogens (primary N) is 1. The second kappa shape index (κ2) is 5.61. The van der Waals surface area contributed by atoms with Crippen LogP contribution in [0.3, 0.4) is 0 Å². The Labute approximate surface area is 120 Å². The molecular formula is C13H14N4O4. The van der Waals surface area contributed by atoms with Gasteiger partial charge in [-0.25, -0.2) is 9.48 Å². The van der Waals surface area contributed by atoms with Crippen LogP contribution in [0, 0.1) is 17.0 Å². The number of carbonyl (C=O) groups excluding carboxylic acids is 1. The summed E-state index contributed by atoms with van der Waals surface area (Å²) >= 11 is 0. The van der Waals surface area contributed by atoms with Crippen molar-refractivity contribution in [3.63, 3.8) is 0 Å². The second-order valence-electron chi connectivity index (χ2n) is 4.31. The van der Waals surface area contributed by atoms with E-state index in [4.69, 9.17) is 10.5 Å². The molecule has 0 saturated heterocycles. The molecule has 0 radical (unpaired) electrons. The van der Waals surface area contributed by atoms with Gasteiger partial charge in [0.25, 0.3) is 5.69 Å². The molecule has 0 fully saturated rings. The second-order valence-corrected chi connectivity index (χ2v) is 4.31. The van der Waals surface area contributed by atoms with E-state index in [-0.39, 0.29) is 23.8 Å². The number of esters is 1. The van der Waals surface area contributed by atoms with Gasteiger partial charge in [0.05, 0.1) is 17.2 Å². The van der Waals surface area contributed by atoms with Crippen LogP contribution in [0.15, 0.2) is 24.3 Å². The van der Waals surface area contributed by atoms with Gasteiger partial charge in [-0.1, -0.05) is 6.07 Å². The van der Waals surface area contributed by atoms with Gasteiger partial charge >= 0.3 is 5.97 Å². The smallest absolute Gasteiger partial charge is 0.358 e. The van der Waals surface area contributed by atoms with Crippen molar-refractivity contribution >= 4 is 17.5 Å². The van der Waals surface area contributed by atoms with Crippen LogP contribution in [0.5, 0.6) is 0 Å². The lowest BCUT2D eigenvalue weighted by Crippen LogP contribution is -2.08. The molecule has 8 nitrogen and oxygen atoms in total. The van der Waals surface area contributed by atoms with E-state index in [2.05, 4.69) is 5.10 Å². The number of rotatable bonds is 4. The van der Waals surface area contributed by atoms with Crippen molar-refractivity contribution in [2.45, 2.75) is 13.8 Å². The summed E-state index contributed by atoms with van der Waals surface area (Å²) in [6.07, 6.45) is 0. The third-order valence-corrected chi connectivity index (χ3v) is 2.85. The van der Waals surface area contributed by atoms with Gasteiger partial charge in [0.15, 0.2) is 5.69 Å². The summed E-state index contributed by atoms with van der Waals surface area (Å²) in [5, 5.41) is 14.9. The number of hydrogen-bond acceptors (Lipinski definition) is 6. The van der Waals surface area contributed by atoms with Gasteiger partial charge in [0, 0.05) is 18.2 Å². The molecule has 0 bridgehead atoms. The number of non-ortho nitro benzene ring substituents is 1. The molecule has 2 rings (SSSR count). The molecule has 0 saturated carbocycles. The summed E-state index contributed by atoms with van der Waals surface area (Å²) in [6.45, 7) is 3.68. The molecule has 1 aromatic heterocycles. The molecule has 21 heavy (non-hydrogen) atoms. The Morgan fingerprint density at radius 1 is 1.48 bits per heavy atom. The van der Waals surface area contributed by atoms with Gasteiger partial charge in [0.2, 0.25) is 0 Å². The summed E-state index contributed by atoms with van der Waals surface area (Å²) in [4.78, 5) is 22.0. The van der Waals surface area contributed by atoms with Gasteiger partial charge in [-0.2, -0.15) is 5.10 Å². The standard InChI is InChI=1S/C13H14N4O4/c1-3-21-13(18)10-7-12(14)16(15-10)11-6-9(17(19)20)5-4-8(11)2/h4-7H,3,14H2,1-2H3. The van der Waals surface area contributed by atoms with Gasteiger partial charge in [-0.3, -0.25) is 10.1 Å². The number of benzene rings is 1. The molecule has 110 valence electrons. The van der Waals surface area contributed by atoms with Gasteiger partial charge in [-0.15, -0.1) is 0 Å².